The van der Waals surface area contributed by atoms with Crippen molar-refractivity contribution < 1.29 is 13.2 Å². The monoisotopic (exact) mass is 354 g/mol. The molecule has 2 unspecified atom stereocenters. The van der Waals surface area contributed by atoms with Gasteiger partial charge in [0, 0.05) is 39.1 Å². The quantitative estimate of drug-likeness (QED) is 0.791. The molecule has 2 aliphatic heterocycles. The van der Waals surface area contributed by atoms with E-state index in [-0.39, 0.29) is 17.4 Å². The summed E-state index contributed by atoms with van der Waals surface area (Å²) in [5.41, 5.74) is 0. The van der Waals surface area contributed by atoms with Gasteiger partial charge in [-0.05, 0) is 25.7 Å². The molecule has 2 saturated heterocycles. The molecular weight excluding hydrogens is 328 g/mol. The first-order valence-corrected chi connectivity index (χ1v) is 10.4. The van der Waals surface area contributed by atoms with E-state index in [1.54, 1.807) is 4.31 Å². The van der Waals surface area contributed by atoms with Crippen LogP contribution < -0.4 is 0 Å². The summed E-state index contributed by atoms with van der Waals surface area (Å²) in [6.45, 7) is 3.64. The number of morpholine rings is 1. The maximum absolute atomic E-state index is 12.7. The number of imidazole rings is 1. The van der Waals surface area contributed by atoms with Gasteiger partial charge in [0.05, 0.1) is 30.5 Å². The number of hydrogen-bond acceptors (Lipinski definition) is 5. The highest BCUT2D eigenvalue weighted by atomic mass is 32.2. The smallest absolute Gasteiger partial charge is 0.217 e. The topological polar surface area (TPSA) is 67.7 Å². The summed E-state index contributed by atoms with van der Waals surface area (Å²) in [5.74, 6) is 1.04. The van der Waals surface area contributed by atoms with Gasteiger partial charge in [-0.25, -0.2) is 13.4 Å². The van der Waals surface area contributed by atoms with Crippen LogP contribution in [0.3, 0.4) is 0 Å². The van der Waals surface area contributed by atoms with E-state index in [2.05, 4.69) is 9.88 Å². The van der Waals surface area contributed by atoms with Crippen LogP contribution in [0.15, 0.2) is 12.4 Å². The van der Waals surface area contributed by atoms with E-state index in [0.717, 1.165) is 51.1 Å². The molecule has 0 bridgehead atoms. The highest BCUT2D eigenvalue weighted by Crippen LogP contribution is 2.35. The molecule has 1 aromatic heterocycles. The van der Waals surface area contributed by atoms with Crippen molar-refractivity contribution in [3.63, 3.8) is 0 Å². The van der Waals surface area contributed by atoms with Crippen molar-refractivity contribution in [1.82, 2.24) is 18.8 Å². The summed E-state index contributed by atoms with van der Waals surface area (Å²) >= 11 is 0. The van der Waals surface area contributed by atoms with Crippen LogP contribution in [-0.4, -0.2) is 70.8 Å². The van der Waals surface area contributed by atoms with Crippen LogP contribution in [0.5, 0.6) is 0 Å². The summed E-state index contributed by atoms with van der Waals surface area (Å²) in [7, 11) is -1.12. The third kappa shape index (κ3) is 3.12. The molecule has 8 heteroatoms. The summed E-state index contributed by atoms with van der Waals surface area (Å²) < 4.78 is 35.2. The zero-order chi connectivity index (χ0) is 16.7. The molecule has 4 rings (SSSR count). The normalized spacial score (nSPS) is 30.0. The van der Waals surface area contributed by atoms with Gasteiger partial charge in [0.25, 0.3) is 0 Å². The molecule has 24 heavy (non-hydrogen) atoms. The van der Waals surface area contributed by atoms with E-state index in [4.69, 9.17) is 4.74 Å². The minimum atomic E-state index is -3.13. The van der Waals surface area contributed by atoms with Crippen LogP contribution in [-0.2, 0) is 28.4 Å². The van der Waals surface area contributed by atoms with Gasteiger partial charge >= 0.3 is 0 Å². The highest BCUT2D eigenvalue weighted by Gasteiger charge is 2.46. The first-order valence-electron chi connectivity index (χ1n) is 8.86. The molecule has 3 fully saturated rings. The average Bonchev–Trinajstić information content (AvgIpc) is 3.36. The summed E-state index contributed by atoms with van der Waals surface area (Å²) in [6.07, 6.45) is 7.16. The second-order valence-electron chi connectivity index (χ2n) is 7.14. The summed E-state index contributed by atoms with van der Waals surface area (Å²) in [4.78, 5) is 6.77. The Balaban J connectivity index is 1.47. The van der Waals surface area contributed by atoms with Crippen LogP contribution in [0.1, 0.15) is 31.5 Å². The molecular formula is C16H26N4O3S. The van der Waals surface area contributed by atoms with E-state index in [0.29, 0.717) is 13.2 Å². The standard InChI is InChI=1S/C16H26N4O3S/c1-18-9-6-17-16(18)12-19-7-4-14-15(5-8-19)23-11-10-20(14)24(21,22)13-2-3-13/h6,9,13-15H,2-5,7-8,10-12H2,1H3. The van der Waals surface area contributed by atoms with Gasteiger partial charge in [0.1, 0.15) is 5.82 Å². The molecule has 1 aliphatic carbocycles. The molecule has 0 aromatic carbocycles. The molecule has 0 amide bonds. The van der Waals surface area contributed by atoms with E-state index in [9.17, 15) is 8.42 Å². The lowest BCUT2D eigenvalue weighted by Gasteiger charge is -2.39. The molecule has 2 atom stereocenters. The van der Waals surface area contributed by atoms with Gasteiger partial charge in [-0.1, -0.05) is 0 Å². The van der Waals surface area contributed by atoms with Crippen molar-refractivity contribution in [1.29, 1.82) is 0 Å². The summed E-state index contributed by atoms with van der Waals surface area (Å²) in [6, 6.07) is -0.00396. The number of hydrogen-bond donors (Lipinski definition) is 0. The van der Waals surface area contributed by atoms with Crippen molar-refractivity contribution in [2.24, 2.45) is 7.05 Å². The highest BCUT2D eigenvalue weighted by molar-refractivity contribution is 7.90. The molecule has 1 saturated carbocycles. The Morgan fingerprint density at radius 1 is 1.21 bits per heavy atom. The van der Waals surface area contributed by atoms with Crippen molar-refractivity contribution in [2.75, 3.05) is 26.2 Å². The van der Waals surface area contributed by atoms with Gasteiger partial charge in [0.15, 0.2) is 0 Å². The van der Waals surface area contributed by atoms with Gasteiger partial charge < -0.3 is 9.30 Å². The minimum absolute atomic E-state index is 0.00396. The van der Waals surface area contributed by atoms with Crippen LogP contribution in [0.2, 0.25) is 0 Å². The number of aryl methyl sites for hydroxylation is 1. The molecule has 0 spiro atoms. The first-order chi connectivity index (χ1) is 11.6. The average molecular weight is 354 g/mol. The number of rotatable bonds is 4. The minimum Gasteiger partial charge on any atom is -0.375 e. The number of fused-ring (bicyclic) bond motifs is 1. The predicted octanol–water partition coefficient (Wildman–Crippen LogP) is 0.578. The van der Waals surface area contributed by atoms with Gasteiger partial charge in [-0.3, -0.25) is 4.90 Å². The fourth-order valence-corrected chi connectivity index (χ4v) is 5.94. The second kappa shape index (κ2) is 6.40. The van der Waals surface area contributed by atoms with Crippen LogP contribution in [0, 0.1) is 0 Å². The Bertz CT molecular complexity index is 685. The lowest BCUT2D eigenvalue weighted by atomic mass is 10.0. The Kier molecular flexibility index (Phi) is 4.40. The van der Waals surface area contributed by atoms with Crippen molar-refractivity contribution in [3.8, 4) is 0 Å². The number of nitrogens with zero attached hydrogens (tertiary/aromatic N) is 4. The van der Waals surface area contributed by atoms with E-state index in [1.165, 1.54) is 0 Å². The van der Waals surface area contributed by atoms with Gasteiger partial charge in [0.2, 0.25) is 10.0 Å². The van der Waals surface area contributed by atoms with Gasteiger partial charge in [-0.15, -0.1) is 0 Å². The van der Waals surface area contributed by atoms with Crippen LogP contribution in [0.25, 0.3) is 0 Å². The fraction of sp³-hybridized carbons (Fsp3) is 0.812. The van der Waals surface area contributed by atoms with E-state index < -0.39 is 10.0 Å². The Morgan fingerprint density at radius 2 is 2.00 bits per heavy atom. The Morgan fingerprint density at radius 3 is 2.71 bits per heavy atom. The van der Waals surface area contributed by atoms with Crippen LogP contribution >= 0.6 is 0 Å². The Labute approximate surface area is 143 Å². The Hall–Kier alpha value is -0.960. The molecule has 3 aliphatic rings. The molecule has 1 aromatic rings. The van der Waals surface area contributed by atoms with Crippen molar-refractivity contribution in [2.45, 2.75) is 49.6 Å². The lowest BCUT2D eigenvalue weighted by Crippen LogP contribution is -2.54. The first kappa shape index (κ1) is 16.5. The number of aromatic nitrogens is 2. The predicted molar refractivity (Wildman–Crippen MR) is 89.9 cm³/mol. The third-order valence-corrected chi connectivity index (χ3v) is 7.89. The third-order valence-electron chi connectivity index (χ3n) is 5.47. The van der Waals surface area contributed by atoms with Gasteiger partial charge in [-0.2, -0.15) is 4.31 Å². The largest absolute Gasteiger partial charge is 0.375 e. The molecule has 0 radical (unpaired) electrons. The maximum Gasteiger partial charge on any atom is 0.217 e. The SMILES string of the molecule is Cn1ccnc1CN1CCC2OCCN(S(=O)(=O)C3CC3)C2CC1. The van der Waals surface area contributed by atoms with Crippen molar-refractivity contribution in [3.05, 3.63) is 18.2 Å². The molecule has 7 nitrogen and oxygen atoms in total. The number of sulfonamides is 1. The summed E-state index contributed by atoms with van der Waals surface area (Å²) in [5, 5.41) is -0.136. The molecule has 3 heterocycles. The van der Waals surface area contributed by atoms with E-state index in [1.807, 2.05) is 24.0 Å². The van der Waals surface area contributed by atoms with Crippen LogP contribution in [0.4, 0.5) is 0 Å². The molecule has 134 valence electrons. The second-order valence-corrected chi connectivity index (χ2v) is 9.31. The zero-order valence-electron chi connectivity index (χ0n) is 14.2. The lowest BCUT2D eigenvalue weighted by molar-refractivity contribution is -0.0409. The maximum atomic E-state index is 12.7. The number of ether oxygens (including phenoxy) is 1. The number of likely N-dealkylation sites (tertiary alicyclic amines) is 1. The van der Waals surface area contributed by atoms with Crippen molar-refractivity contribution >= 4 is 10.0 Å². The zero-order valence-corrected chi connectivity index (χ0v) is 15.0. The molecule has 0 N–H and O–H groups in total. The fourth-order valence-electron chi connectivity index (χ4n) is 3.88. The van der Waals surface area contributed by atoms with E-state index >= 15 is 0 Å².